The normalized spacial score (nSPS) is 24.0. The Hall–Kier alpha value is -2.38. The molecule has 1 aliphatic heterocycles. The molecule has 2 N–H and O–H groups in total. The summed E-state index contributed by atoms with van der Waals surface area (Å²) in [5.74, 6) is -0.827. The molecule has 26 heavy (non-hydrogen) atoms. The van der Waals surface area contributed by atoms with Crippen molar-refractivity contribution in [3.8, 4) is 0 Å². The fraction of sp³-hybridized carbons (Fsp3) is 0.667. The van der Waals surface area contributed by atoms with Gasteiger partial charge in [0.25, 0.3) is 11.8 Å². The molecule has 0 aromatic carbocycles. The first-order valence-corrected chi connectivity index (χ1v) is 9.26. The summed E-state index contributed by atoms with van der Waals surface area (Å²) in [6.45, 7) is 1.97. The largest absolute Gasteiger partial charge is 0.354 e. The first-order valence-electron chi connectivity index (χ1n) is 9.26. The zero-order chi connectivity index (χ0) is 18.9. The molecule has 3 amide bonds. The van der Waals surface area contributed by atoms with Crippen molar-refractivity contribution in [2.24, 2.45) is 0 Å². The van der Waals surface area contributed by atoms with Crippen LogP contribution < -0.4 is 10.6 Å². The van der Waals surface area contributed by atoms with Crippen molar-refractivity contribution in [1.29, 1.82) is 0 Å². The van der Waals surface area contributed by atoms with Crippen LogP contribution in [0, 0.1) is 0 Å². The van der Waals surface area contributed by atoms with Gasteiger partial charge < -0.3 is 15.5 Å². The maximum absolute atomic E-state index is 13.0. The maximum Gasteiger partial charge on any atom is 0.272 e. The highest BCUT2D eigenvalue weighted by Gasteiger charge is 2.46. The second-order valence-corrected chi connectivity index (χ2v) is 7.45. The molecule has 142 valence electrons. The molecule has 1 aromatic heterocycles. The molecule has 2 heterocycles. The van der Waals surface area contributed by atoms with E-state index in [4.69, 9.17) is 0 Å². The highest BCUT2D eigenvalue weighted by Crippen LogP contribution is 2.27. The number of hydrogen-bond donors (Lipinski definition) is 2. The van der Waals surface area contributed by atoms with Crippen LogP contribution in [0.2, 0.25) is 0 Å². The number of fused-ring (bicyclic) bond motifs is 1. The Bertz CT molecular complexity index is 720. The molecule has 0 saturated heterocycles. The Morgan fingerprint density at radius 2 is 1.88 bits per heavy atom. The summed E-state index contributed by atoms with van der Waals surface area (Å²) in [7, 11) is 3.14. The van der Waals surface area contributed by atoms with E-state index < -0.39 is 5.54 Å². The number of aromatic nitrogens is 2. The van der Waals surface area contributed by atoms with Gasteiger partial charge in [0.05, 0.1) is 6.54 Å². The predicted octanol–water partition coefficient (Wildman–Crippen LogP) is 0.926. The zero-order valence-corrected chi connectivity index (χ0v) is 15.7. The third-order valence-electron chi connectivity index (χ3n) is 5.64. The molecule has 1 fully saturated rings. The van der Waals surface area contributed by atoms with Gasteiger partial charge in [-0.2, -0.15) is 5.10 Å². The summed E-state index contributed by atoms with van der Waals surface area (Å²) < 4.78 is 1.47. The summed E-state index contributed by atoms with van der Waals surface area (Å²) in [6, 6.07) is 1.63. The van der Waals surface area contributed by atoms with Gasteiger partial charge in [-0.1, -0.05) is 25.7 Å². The highest BCUT2D eigenvalue weighted by atomic mass is 16.2. The second kappa shape index (κ2) is 7.09. The first kappa shape index (κ1) is 18.4. The van der Waals surface area contributed by atoms with Crippen molar-refractivity contribution in [2.45, 2.75) is 63.6 Å². The fourth-order valence-corrected chi connectivity index (χ4v) is 3.73. The van der Waals surface area contributed by atoms with Crippen molar-refractivity contribution in [3.63, 3.8) is 0 Å². The van der Waals surface area contributed by atoms with Crippen LogP contribution in [0.25, 0.3) is 0 Å². The molecule has 0 radical (unpaired) electrons. The minimum atomic E-state index is -1.04. The molecule has 1 aromatic rings. The number of nitrogens with one attached hydrogen (secondary N) is 2. The summed E-state index contributed by atoms with van der Waals surface area (Å²) in [6.07, 6.45) is 6.62. The molecule has 0 unspecified atom stereocenters. The van der Waals surface area contributed by atoms with Gasteiger partial charge in [-0.15, -0.1) is 0 Å². The van der Waals surface area contributed by atoms with Crippen LogP contribution >= 0.6 is 0 Å². The Balaban J connectivity index is 1.82. The van der Waals surface area contributed by atoms with E-state index in [9.17, 15) is 14.4 Å². The van der Waals surface area contributed by atoms with E-state index in [0.717, 1.165) is 25.7 Å². The monoisotopic (exact) mass is 361 g/mol. The summed E-state index contributed by atoms with van der Waals surface area (Å²) in [5, 5.41) is 9.86. The number of carbonyl (C=O) groups is 3. The summed E-state index contributed by atoms with van der Waals surface area (Å²) in [4.78, 5) is 39.1. The molecular formula is C18H27N5O3. The lowest BCUT2D eigenvalue weighted by Crippen LogP contribution is -2.63. The Kier molecular flexibility index (Phi) is 5.02. The lowest BCUT2D eigenvalue weighted by molar-refractivity contribution is -0.133. The molecule has 8 nitrogen and oxygen atoms in total. The van der Waals surface area contributed by atoms with Crippen LogP contribution in [-0.4, -0.2) is 58.1 Å². The van der Waals surface area contributed by atoms with E-state index in [2.05, 4.69) is 15.7 Å². The molecular weight excluding hydrogens is 334 g/mol. The molecule has 0 spiro atoms. The van der Waals surface area contributed by atoms with Crippen molar-refractivity contribution in [3.05, 3.63) is 17.5 Å². The molecule has 3 rings (SSSR count). The number of amides is 3. The number of rotatable bonds is 3. The highest BCUT2D eigenvalue weighted by molar-refractivity contribution is 6.01. The lowest BCUT2D eigenvalue weighted by Gasteiger charge is -2.41. The second-order valence-electron chi connectivity index (χ2n) is 7.45. The van der Waals surface area contributed by atoms with Crippen LogP contribution in [0.3, 0.4) is 0 Å². The quantitative estimate of drug-likeness (QED) is 0.783. The van der Waals surface area contributed by atoms with Crippen LogP contribution in [0.1, 0.15) is 66.4 Å². The summed E-state index contributed by atoms with van der Waals surface area (Å²) in [5.41, 5.74) is -0.536. The van der Waals surface area contributed by atoms with E-state index in [1.807, 2.05) is 0 Å². The molecule has 1 saturated carbocycles. The number of carbonyl (C=O) groups excluding carboxylic acids is 3. The van der Waals surface area contributed by atoms with E-state index in [0.29, 0.717) is 5.69 Å². The van der Waals surface area contributed by atoms with E-state index in [1.54, 1.807) is 14.0 Å². The molecule has 0 bridgehead atoms. The standard InChI is InChI=1S/C18H27N5O3/c1-18(17(26)20-12-8-6-4-5-7-9-12)11-23-14(16(25)22(18)3)10-13(21-23)15(24)19-2/h10,12H,4-9,11H2,1-3H3,(H,19,24)(H,20,26)/t18-/m0/s1. The van der Waals surface area contributed by atoms with Gasteiger partial charge in [-0.3, -0.25) is 19.1 Å². The van der Waals surface area contributed by atoms with Gasteiger partial charge in [0, 0.05) is 26.2 Å². The lowest BCUT2D eigenvalue weighted by atomic mass is 9.95. The average Bonchev–Trinajstić information content (AvgIpc) is 2.87. The fourth-order valence-electron chi connectivity index (χ4n) is 3.73. The van der Waals surface area contributed by atoms with Crippen LogP contribution in [0.15, 0.2) is 6.07 Å². The van der Waals surface area contributed by atoms with Crippen LogP contribution in [0.5, 0.6) is 0 Å². The topological polar surface area (TPSA) is 96.3 Å². The number of nitrogens with zero attached hydrogens (tertiary/aromatic N) is 3. The van der Waals surface area contributed by atoms with Gasteiger partial charge >= 0.3 is 0 Å². The number of hydrogen-bond acceptors (Lipinski definition) is 4. The Morgan fingerprint density at radius 1 is 1.23 bits per heavy atom. The van der Waals surface area contributed by atoms with Crippen molar-refractivity contribution in [1.82, 2.24) is 25.3 Å². The smallest absolute Gasteiger partial charge is 0.272 e. The minimum absolute atomic E-state index is 0.158. The van der Waals surface area contributed by atoms with Crippen molar-refractivity contribution >= 4 is 17.7 Å². The van der Waals surface area contributed by atoms with Gasteiger partial charge in [0.1, 0.15) is 11.2 Å². The van der Waals surface area contributed by atoms with Gasteiger partial charge in [0.15, 0.2) is 5.69 Å². The zero-order valence-electron chi connectivity index (χ0n) is 15.7. The van der Waals surface area contributed by atoms with Crippen LogP contribution in [0.4, 0.5) is 0 Å². The van der Waals surface area contributed by atoms with Gasteiger partial charge in [-0.05, 0) is 19.8 Å². The van der Waals surface area contributed by atoms with E-state index in [-0.39, 0.29) is 36.0 Å². The maximum atomic E-state index is 13.0. The van der Waals surface area contributed by atoms with Gasteiger partial charge in [-0.25, -0.2) is 0 Å². The number of likely N-dealkylation sites (N-methyl/N-ethyl adjacent to an activating group) is 1. The molecule has 2 aliphatic rings. The summed E-state index contributed by atoms with van der Waals surface area (Å²) >= 11 is 0. The van der Waals surface area contributed by atoms with Crippen molar-refractivity contribution in [2.75, 3.05) is 14.1 Å². The molecule has 1 atom stereocenters. The molecule has 1 aliphatic carbocycles. The third-order valence-corrected chi connectivity index (χ3v) is 5.64. The average molecular weight is 361 g/mol. The van der Waals surface area contributed by atoms with E-state index in [1.165, 1.54) is 35.5 Å². The van der Waals surface area contributed by atoms with Crippen LogP contribution in [-0.2, 0) is 11.3 Å². The van der Waals surface area contributed by atoms with Gasteiger partial charge in [0.2, 0.25) is 5.91 Å². The van der Waals surface area contributed by atoms with Crippen molar-refractivity contribution < 1.29 is 14.4 Å². The third kappa shape index (κ3) is 3.20. The predicted molar refractivity (Wildman–Crippen MR) is 95.7 cm³/mol. The Morgan fingerprint density at radius 3 is 2.50 bits per heavy atom. The first-order chi connectivity index (χ1) is 12.4. The Labute approximate surface area is 153 Å². The van der Waals surface area contributed by atoms with E-state index >= 15 is 0 Å². The molecule has 8 heteroatoms. The minimum Gasteiger partial charge on any atom is -0.354 e. The SMILES string of the molecule is CNC(=O)c1cc2n(n1)C[C@@](C)(C(=O)NC1CCCCCC1)N(C)C2=O.